The van der Waals surface area contributed by atoms with Crippen LogP contribution in [0.5, 0.6) is 5.75 Å². The van der Waals surface area contributed by atoms with Crippen LogP contribution in [0.4, 0.5) is 0 Å². The number of nitrogens with zero attached hydrogens (tertiary/aromatic N) is 4. The van der Waals surface area contributed by atoms with Crippen molar-refractivity contribution < 1.29 is 14.1 Å². The van der Waals surface area contributed by atoms with Gasteiger partial charge in [0.05, 0.1) is 11.4 Å². The zero-order chi connectivity index (χ0) is 21.8. The van der Waals surface area contributed by atoms with Gasteiger partial charge in [-0.2, -0.15) is 4.98 Å². The normalized spacial score (nSPS) is 15.3. The zero-order valence-corrected chi connectivity index (χ0v) is 19.0. The highest BCUT2D eigenvalue weighted by Crippen LogP contribution is 2.24. The van der Waals surface area contributed by atoms with Gasteiger partial charge in [-0.15, -0.1) is 11.3 Å². The summed E-state index contributed by atoms with van der Waals surface area (Å²) in [5.74, 6) is 1.96. The van der Waals surface area contributed by atoms with Crippen molar-refractivity contribution in [2.75, 3.05) is 32.8 Å². The van der Waals surface area contributed by atoms with Gasteiger partial charge in [0.1, 0.15) is 5.75 Å². The zero-order valence-electron chi connectivity index (χ0n) is 18.2. The molecule has 1 fully saturated rings. The topological polar surface area (TPSA) is 71.7 Å². The molecule has 4 rings (SSSR count). The Kier molecular flexibility index (Phi) is 6.38. The molecular weight excluding hydrogens is 412 g/mol. The molecule has 1 aliphatic heterocycles. The molecule has 7 nitrogen and oxygen atoms in total. The van der Waals surface area contributed by atoms with Gasteiger partial charge in [-0.05, 0) is 34.6 Å². The average molecular weight is 441 g/mol. The van der Waals surface area contributed by atoms with E-state index in [1.54, 1.807) is 11.3 Å². The van der Waals surface area contributed by atoms with Crippen LogP contribution in [0, 0.1) is 0 Å². The van der Waals surface area contributed by atoms with Crippen LogP contribution in [0.1, 0.15) is 32.2 Å². The molecule has 164 valence electrons. The molecule has 0 saturated carbocycles. The SMILES string of the molecule is CC(C)(C)c1ccc(OCC(=O)N2CCN(Cc3nc(-c4cccs4)no3)CC2)cc1. The van der Waals surface area contributed by atoms with Crippen LogP contribution in [0.2, 0.25) is 0 Å². The third-order valence-electron chi connectivity index (χ3n) is 5.38. The van der Waals surface area contributed by atoms with Crippen molar-refractivity contribution in [3.05, 3.63) is 53.2 Å². The number of benzene rings is 1. The largest absolute Gasteiger partial charge is 0.484 e. The van der Waals surface area contributed by atoms with Gasteiger partial charge < -0.3 is 14.2 Å². The molecule has 0 spiro atoms. The lowest BCUT2D eigenvalue weighted by atomic mass is 9.87. The highest BCUT2D eigenvalue weighted by atomic mass is 32.1. The molecule has 0 bridgehead atoms. The predicted molar refractivity (Wildman–Crippen MR) is 120 cm³/mol. The van der Waals surface area contributed by atoms with Crippen LogP contribution in [-0.2, 0) is 16.8 Å². The number of amides is 1. The second-order valence-corrected chi connectivity index (χ2v) is 9.66. The molecule has 0 atom stereocenters. The predicted octanol–water partition coefficient (Wildman–Crippen LogP) is 3.82. The fraction of sp³-hybridized carbons (Fsp3) is 0.435. The molecule has 1 saturated heterocycles. The van der Waals surface area contributed by atoms with Crippen LogP contribution < -0.4 is 4.74 Å². The lowest BCUT2D eigenvalue weighted by molar-refractivity contribution is -0.135. The van der Waals surface area contributed by atoms with Crippen molar-refractivity contribution >= 4 is 17.2 Å². The Bertz CT molecular complexity index is 985. The van der Waals surface area contributed by atoms with Crippen LogP contribution in [0.15, 0.2) is 46.3 Å². The van der Waals surface area contributed by atoms with Gasteiger partial charge in [0.2, 0.25) is 11.7 Å². The van der Waals surface area contributed by atoms with E-state index in [0.717, 1.165) is 23.7 Å². The first kappa shape index (κ1) is 21.5. The van der Waals surface area contributed by atoms with Crippen molar-refractivity contribution in [1.29, 1.82) is 0 Å². The van der Waals surface area contributed by atoms with Gasteiger partial charge in [-0.3, -0.25) is 9.69 Å². The second kappa shape index (κ2) is 9.20. The Balaban J connectivity index is 1.22. The number of piperazine rings is 1. The maximum Gasteiger partial charge on any atom is 0.260 e. The minimum Gasteiger partial charge on any atom is -0.484 e. The maximum atomic E-state index is 12.5. The highest BCUT2D eigenvalue weighted by Gasteiger charge is 2.23. The average Bonchev–Trinajstić information content (AvgIpc) is 3.44. The molecule has 3 heterocycles. The van der Waals surface area contributed by atoms with Crippen LogP contribution in [0.3, 0.4) is 0 Å². The number of hydrogen-bond donors (Lipinski definition) is 0. The summed E-state index contributed by atoms with van der Waals surface area (Å²) in [6.07, 6.45) is 0. The lowest BCUT2D eigenvalue weighted by Crippen LogP contribution is -2.49. The van der Waals surface area contributed by atoms with E-state index in [2.05, 4.69) is 47.9 Å². The van der Waals surface area contributed by atoms with E-state index < -0.39 is 0 Å². The van der Waals surface area contributed by atoms with Gasteiger partial charge in [0.25, 0.3) is 5.91 Å². The first-order valence-electron chi connectivity index (χ1n) is 10.5. The van der Waals surface area contributed by atoms with E-state index >= 15 is 0 Å². The Labute approximate surface area is 186 Å². The fourth-order valence-corrected chi connectivity index (χ4v) is 4.11. The maximum absolute atomic E-state index is 12.5. The smallest absolute Gasteiger partial charge is 0.260 e. The monoisotopic (exact) mass is 440 g/mol. The molecule has 31 heavy (non-hydrogen) atoms. The molecule has 0 unspecified atom stereocenters. The van der Waals surface area contributed by atoms with E-state index in [-0.39, 0.29) is 17.9 Å². The summed E-state index contributed by atoms with van der Waals surface area (Å²) in [6, 6.07) is 11.9. The summed E-state index contributed by atoms with van der Waals surface area (Å²) >= 11 is 1.59. The molecule has 1 aromatic carbocycles. The van der Waals surface area contributed by atoms with Crippen LogP contribution >= 0.6 is 11.3 Å². The highest BCUT2D eigenvalue weighted by molar-refractivity contribution is 7.13. The van der Waals surface area contributed by atoms with Crippen LogP contribution in [0.25, 0.3) is 10.7 Å². The van der Waals surface area contributed by atoms with E-state index in [0.29, 0.717) is 31.3 Å². The fourth-order valence-electron chi connectivity index (χ4n) is 3.46. The molecule has 3 aromatic rings. The van der Waals surface area contributed by atoms with Gasteiger partial charge in [-0.1, -0.05) is 44.1 Å². The number of thiophene rings is 1. The summed E-state index contributed by atoms with van der Waals surface area (Å²) in [6.45, 7) is 10.0. The first-order valence-corrected chi connectivity index (χ1v) is 11.4. The second-order valence-electron chi connectivity index (χ2n) is 8.71. The molecule has 0 aliphatic carbocycles. The van der Waals surface area contributed by atoms with Crippen molar-refractivity contribution in [3.8, 4) is 16.5 Å². The summed E-state index contributed by atoms with van der Waals surface area (Å²) in [5, 5.41) is 6.05. The van der Waals surface area contributed by atoms with Crippen molar-refractivity contribution in [2.24, 2.45) is 0 Å². The molecule has 0 radical (unpaired) electrons. The van der Waals surface area contributed by atoms with Crippen molar-refractivity contribution in [3.63, 3.8) is 0 Å². The third-order valence-corrected chi connectivity index (χ3v) is 6.24. The molecule has 8 heteroatoms. The summed E-state index contributed by atoms with van der Waals surface area (Å²) in [5.41, 5.74) is 1.34. The Morgan fingerprint density at radius 3 is 2.52 bits per heavy atom. The summed E-state index contributed by atoms with van der Waals surface area (Å²) in [4.78, 5) is 22.1. The van der Waals surface area contributed by atoms with Crippen LogP contribution in [-0.4, -0.2) is 58.6 Å². The van der Waals surface area contributed by atoms with E-state index in [1.807, 2.05) is 34.5 Å². The molecule has 1 amide bonds. The molecule has 1 aliphatic rings. The third kappa shape index (κ3) is 5.51. The minimum absolute atomic E-state index is 0.0114. The quantitative estimate of drug-likeness (QED) is 0.580. The number of hydrogen-bond acceptors (Lipinski definition) is 7. The van der Waals surface area contributed by atoms with Crippen molar-refractivity contribution in [2.45, 2.75) is 32.7 Å². The Hall–Kier alpha value is -2.71. The minimum atomic E-state index is 0.0114. The Morgan fingerprint density at radius 2 is 1.87 bits per heavy atom. The standard InChI is InChI=1S/C23H28N4O3S/c1-23(2,3)17-6-8-18(9-7-17)29-16-21(28)27-12-10-26(11-13-27)15-20-24-22(25-30-20)19-5-4-14-31-19/h4-9,14H,10-13,15-16H2,1-3H3. The summed E-state index contributed by atoms with van der Waals surface area (Å²) < 4.78 is 11.1. The summed E-state index contributed by atoms with van der Waals surface area (Å²) in [7, 11) is 0. The lowest BCUT2D eigenvalue weighted by Gasteiger charge is -2.33. The molecule has 2 aromatic heterocycles. The number of carbonyl (C=O) groups excluding carboxylic acids is 1. The van der Waals surface area contributed by atoms with E-state index in [4.69, 9.17) is 9.26 Å². The van der Waals surface area contributed by atoms with E-state index in [1.165, 1.54) is 5.56 Å². The molecular formula is C23H28N4O3S. The Morgan fingerprint density at radius 1 is 1.13 bits per heavy atom. The molecule has 0 N–H and O–H groups in total. The number of rotatable bonds is 6. The van der Waals surface area contributed by atoms with Gasteiger partial charge in [-0.25, -0.2) is 0 Å². The van der Waals surface area contributed by atoms with E-state index in [9.17, 15) is 4.79 Å². The van der Waals surface area contributed by atoms with Gasteiger partial charge >= 0.3 is 0 Å². The van der Waals surface area contributed by atoms with Gasteiger partial charge in [0.15, 0.2) is 6.61 Å². The van der Waals surface area contributed by atoms with Crippen molar-refractivity contribution in [1.82, 2.24) is 19.9 Å². The number of aromatic nitrogens is 2. The first-order chi connectivity index (χ1) is 14.9. The van der Waals surface area contributed by atoms with Gasteiger partial charge in [0, 0.05) is 26.2 Å². The number of carbonyl (C=O) groups is 1. The number of ether oxygens (including phenoxy) is 1.